The third-order valence-electron chi connectivity index (χ3n) is 3.89. The molecule has 0 aliphatic carbocycles. The molecule has 4 aromatic rings. The van der Waals surface area contributed by atoms with E-state index in [1.165, 1.54) is 12.1 Å². The maximum Gasteiger partial charge on any atom is 0.160 e. The molecule has 4 rings (SSSR count). The van der Waals surface area contributed by atoms with Crippen molar-refractivity contribution in [1.29, 1.82) is 0 Å². The molecule has 0 spiro atoms. The summed E-state index contributed by atoms with van der Waals surface area (Å²) in [4.78, 5) is 5.52. The van der Waals surface area contributed by atoms with Crippen molar-refractivity contribution in [2.24, 2.45) is 0 Å². The molecular weight excluding hydrogens is 323 g/mol. The molecule has 0 aliphatic rings. The van der Waals surface area contributed by atoms with Crippen molar-refractivity contribution in [3.05, 3.63) is 59.7 Å². The number of benzene rings is 1. The number of fused-ring (bicyclic) bond motifs is 1. The Hall–Kier alpha value is -2.60. The molecule has 0 unspecified atom stereocenters. The van der Waals surface area contributed by atoms with Gasteiger partial charge in [0.1, 0.15) is 11.6 Å². The van der Waals surface area contributed by atoms with Crippen LogP contribution in [0.15, 0.2) is 48.1 Å². The Balaban J connectivity index is 1.85. The van der Waals surface area contributed by atoms with Gasteiger partial charge < -0.3 is 0 Å². The second kappa shape index (κ2) is 5.79. The smallest absolute Gasteiger partial charge is 0.160 e. The van der Waals surface area contributed by atoms with Crippen LogP contribution in [0.3, 0.4) is 0 Å². The lowest BCUT2D eigenvalue weighted by atomic mass is 10.1. The average molecular weight is 338 g/mol. The van der Waals surface area contributed by atoms with Crippen LogP contribution in [0, 0.1) is 5.82 Å². The van der Waals surface area contributed by atoms with E-state index in [9.17, 15) is 4.39 Å². The number of pyridine rings is 1. The van der Waals surface area contributed by atoms with Gasteiger partial charge in [-0.15, -0.1) is 21.5 Å². The highest BCUT2D eigenvalue weighted by atomic mass is 32.1. The maximum atomic E-state index is 13.2. The fraction of sp³-hybridized carbons (Fsp3) is 0.167. The van der Waals surface area contributed by atoms with Crippen LogP contribution in [0.4, 0.5) is 4.39 Å². The molecule has 0 aliphatic heterocycles. The summed E-state index contributed by atoms with van der Waals surface area (Å²) < 4.78 is 15.2. The molecule has 0 saturated carbocycles. The van der Waals surface area contributed by atoms with Gasteiger partial charge in [0, 0.05) is 23.2 Å². The quantitative estimate of drug-likeness (QED) is 0.540. The highest BCUT2D eigenvalue weighted by Gasteiger charge is 2.14. The molecule has 1 aromatic carbocycles. The molecule has 0 bridgehead atoms. The molecule has 120 valence electrons. The summed E-state index contributed by atoms with van der Waals surface area (Å²) in [5, 5.41) is 8.48. The van der Waals surface area contributed by atoms with Gasteiger partial charge in [0.15, 0.2) is 5.65 Å². The monoisotopic (exact) mass is 338 g/mol. The first-order valence-corrected chi connectivity index (χ1v) is 8.56. The van der Waals surface area contributed by atoms with Crippen LogP contribution < -0.4 is 0 Å². The number of aromatic nitrogens is 4. The van der Waals surface area contributed by atoms with E-state index in [0.29, 0.717) is 0 Å². The van der Waals surface area contributed by atoms with Gasteiger partial charge in [-0.05, 0) is 36.4 Å². The SMILES string of the molecule is CC(C)c1nnc2ccc(-c3scnc3-c3ccc(F)cc3)cn12. The van der Waals surface area contributed by atoms with Gasteiger partial charge in [0.05, 0.1) is 16.1 Å². The van der Waals surface area contributed by atoms with Gasteiger partial charge in [-0.2, -0.15) is 0 Å². The third kappa shape index (κ3) is 2.49. The fourth-order valence-corrected chi connectivity index (χ4v) is 3.50. The topological polar surface area (TPSA) is 43.1 Å². The summed E-state index contributed by atoms with van der Waals surface area (Å²) in [6.45, 7) is 4.19. The molecule has 3 heterocycles. The maximum absolute atomic E-state index is 13.2. The summed E-state index contributed by atoms with van der Waals surface area (Å²) in [7, 11) is 0. The lowest BCUT2D eigenvalue weighted by molar-refractivity contribution is 0.628. The Morgan fingerprint density at radius 1 is 1.00 bits per heavy atom. The zero-order valence-corrected chi connectivity index (χ0v) is 14.1. The Morgan fingerprint density at radius 2 is 1.75 bits per heavy atom. The number of hydrogen-bond acceptors (Lipinski definition) is 4. The second-order valence-corrected chi connectivity index (χ2v) is 6.75. The van der Waals surface area contributed by atoms with E-state index in [-0.39, 0.29) is 11.7 Å². The normalized spacial score (nSPS) is 11.5. The number of hydrogen-bond donors (Lipinski definition) is 0. The highest BCUT2D eigenvalue weighted by molar-refractivity contribution is 7.13. The van der Waals surface area contributed by atoms with Crippen LogP contribution >= 0.6 is 11.3 Å². The summed E-state index contributed by atoms with van der Waals surface area (Å²) >= 11 is 1.57. The minimum Gasteiger partial charge on any atom is -0.286 e. The first-order valence-electron chi connectivity index (χ1n) is 7.68. The summed E-state index contributed by atoms with van der Waals surface area (Å²) in [5.74, 6) is 0.969. The van der Waals surface area contributed by atoms with Crippen molar-refractivity contribution in [3.63, 3.8) is 0 Å². The Morgan fingerprint density at radius 3 is 2.50 bits per heavy atom. The fourth-order valence-electron chi connectivity index (χ4n) is 2.70. The predicted octanol–water partition coefficient (Wildman–Crippen LogP) is 4.78. The lowest BCUT2D eigenvalue weighted by Gasteiger charge is -2.06. The van der Waals surface area contributed by atoms with Crippen LogP contribution in [-0.2, 0) is 0 Å². The molecular formula is C18H15FN4S. The van der Waals surface area contributed by atoms with E-state index in [0.717, 1.165) is 33.2 Å². The van der Waals surface area contributed by atoms with Crippen molar-refractivity contribution in [3.8, 4) is 21.7 Å². The summed E-state index contributed by atoms with van der Waals surface area (Å²) in [6.07, 6.45) is 2.05. The summed E-state index contributed by atoms with van der Waals surface area (Å²) in [5.41, 5.74) is 5.45. The standard InChI is InChI=1S/C18H15FN4S/c1-11(2)18-22-21-15-8-5-13(9-23(15)18)17-16(20-10-24-17)12-3-6-14(19)7-4-12/h3-11H,1-2H3. The Kier molecular flexibility index (Phi) is 3.61. The number of nitrogens with zero attached hydrogens (tertiary/aromatic N) is 4. The third-order valence-corrected chi connectivity index (χ3v) is 4.77. The van der Waals surface area contributed by atoms with Gasteiger partial charge in [-0.3, -0.25) is 4.40 Å². The van der Waals surface area contributed by atoms with Crippen molar-refractivity contribution in [2.45, 2.75) is 19.8 Å². The van der Waals surface area contributed by atoms with Gasteiger partial charge in [0.2, 0.25) is 0 Å². The molecule has 6 heteroatoms. The minimum absolute atomic E-state index is 0.247. The zero-order chi connectivity index (χ0) is 16.7. The van der Waals surface area contributed by atoms with Crippen LogP contribution in [0.5, 0.6) is 0 Å². The van der Waals surface area contributed by atoms with Crippen LogP contribution in [0.1, 0.15) is 25.6 Å². The largest absolute Gasteiger partial charge is 0.286 e. The zero-order valence-electron chi connectivity index (χ0n) is 13.3. The molecule has 3 aromatic heterocycles. The number of halogens is 1. The molecule has 0 N–H and O–H groups in total. The molecule has 0 atom stereocenters. The number of thiazole rings is 1. The number of rotatable bonds is 3. The molecule has 0 fully saturated rings. The molecule has 0 amide bonds. The van der Waals surface area contributed by atoms with Crippen molar-refractivity contribution in [2.75, 3.05) is 0 Å². The Bertz CT molecular complexity index is 1000. The van der Waals surface area contributed by atoms with Crippen LogP contribution in [0.2, 0.25) is 0 Å². The molecule has 0 saturated heterocycles. The lowest BCUT2D eigenvalue weighted by Crippen LogP contribution is -1.97. The van der Waals surface area contributed by atoms with Crippen molar-refractivity contribution < 1.29 is 4.39 Å². The van der Waals surface area contributed by atoms with E-state index in [1.54, 1.807) is 23.5 Å². The highest BCUT2D eigenvalue weighted by Crippen LogP contribution is 2.35. The molecule has 4 nitrogen and oxygen atoms in total. The van der Waals surface area contributed by atoms with Crippen molar-refractivity contribution in [1.82, 2.24) is 19.6 Å². The minimum atomic E-state index is -0.247. The Labute approximate surface area is 142 Å². The first kappa shape index (κ1) is 15.0. The van der Waals surface area contributed by atoms with Gasteiger partial charge in [-0.1, -0.05) is 13.8 Å². The van der Waals surface area contributed by atoms with E-state index in [4.69, 9.17) is 0 Å². The van der Waals surface area contributed by atoms with E-state index in [1.807, 2.05) is 28.2 Å². The van der Waals surface area contributed by atoms with Gasteiger partial charge >= 0.3 is 0 Å². The van der Waals surface area contributed by atoms with Gasteiger partial charge in [0.25, 0.3) is 0 Å². The molecule has 0 radical (unpaired) electrons. The van der Waals surface area contributed by atoms with E-state index >= 15 is 0 Å². The molecule has 24 heavy (non-hydrogen) atoms. The van der Waals surface area contributed by atoms with Crippen LogP contribution in [0.25, 0.3) is 27.3 Å². The summed E-state index contributed by atoms with van der Waals surface area (Å²) in [6, 6.07) is 10.4. The second-order valence-electron chi connectivity index (χ2n) is 5.90. The average Bonchev–Trinajstić information content (AvgIpc) is 3.21. The van der Waals surface area contributed by atoms with Gasteiger partial charge in [-0.25, -0.2) is 9.37 Å². The van der Waals surface area contributed by atoms with E-state index < -0.39 is 0 Å². The van der Waals surface area contributed by atoms with E-state index in [2.05, 4.69) is 29.0 Å². The predicted molar refractivity (Wildman–Crippen MR) is 93.6 cm³/mol. The first-order chi connectivity index (χ1) is 11.6. The van der Waals surface area contributed by atoms with Crippen molar-refractivity contribution >= 4 is 17.0 Å². The van der Waals surface area contributed by atoms with Crippen LogP contribution in [-0.4, -0.2) is 19.6 Å².